The van der Waals surface area contributed by atoms with Crippen molar-refractivity contribution in [1.29, 1.82) is 0 Å². The van der Waals surface area contributed by atoms with Gasteiger partial charge in [-0.1, -0.05) is 23.7 Å². The number of aliphatic carboxylic acids is 1. The monoisotopic (exact) mass is 323 g/mol. The summed E-state index contributed by atoms with van der Waals surface area (Å²) in [4.78, 5) is 22.9. The first kappa shape index (κ1) is 16.7. The molecule has 8 heteroatoms. The van der Waals surface area contributed by atoms with Crippen LogP contribution < -0.4 is 5.32 Å². The van der Waals surface area contributed by atoms with Crippen molar-refractivity contribution in [3.05, 3.63) is 29.3 Å². The second-order valence-corrected chi connectivity index (χ2v) is 5.23. The number of halogens is 3. The summed E-state index contributed by atoms with van der Waals surface area (Å²) >= 11 is 6.99. The molecule has 110 valence electrons. The van der Waals surface area contributed by atoms with E-state index in [1.165, 1.54) is 0 Å². The SMILES string of the molecule is O=C(CSc1ccccc1Cl)NC(CC(F)F)C(=O)O. The van der Waals surface area contributed by atoms with Crippen LogP contribution in [0.2, 0.25) is 5.02 Å². The summed E-state index contributed by atoms with van der Waals surface area (Å²) in [6, 6.07) is 5.24. The molecule has 0 spiro atoms. The number of rotatable bonds is 7. The van der Waals surface area contributed by atoms with Crippen molar-refractivity contribution in [2.24, 2.45) is 0 Å². The third-order valence-corrected chi connectivity index (χ3v) is 3.76. The number of carbonyl (C=O) groups excluding carboxylic acids is 1. The summed E-state index contributed by atoms with van der Waals surface area (Å²) < 4.78 is 24.3. The van der Waals surface area contributed by atoms with Gasteiger partial charge in [-0.25, -0.2) is 13.6 Å². The highest BCUT2D eigenvalue weighted by Gasteiger charge is 2.24. The van der Waals surface area contributed by atoms with Crippen molar-refractivity contribution >= 4 is 35.2 Å². The number of nitrogens with one attached hydrogen (secondary N) is 1. The van der Waals surface area contributed by atoms with Crippen molar-refractivity contribution in [2.75, 3.05) is 5.75 Å². The van der Waals surface area contributed by atoms with Crippen LogP contribution in [0.4, 0.5) is 8.78 Å². The van der Waals surface area contributed by atoms with Gasteiger partial charge in [0.25, 0.3) is 0 Å². The smallest absolute Gasteiger partial charge is 0.326 e. The maximum atomic E-state index is 12.2. The lowest BCUT2D eigenvalue weighted by Crippen LogP contribution is -2.42. The summed E-state index contributed by atoms with van der Waals surface area (Å²) in [6.07, 6.45) is -3.72. The average molecular weight is 324 g/mol. The Morgan fingerprint density at radius 1 is 1.35 bits per heavy atom. The van der Waals surface area contributed by atoms with Crippen LogP contribution in [0, 0.1) is 0 Å². The van der Waals surface area contributed by atoms with Gasteiger partial charge in [0.1, 0.15) is 6.04 Å². The van der Waals surface area contributed by atoms with Crippen LogP contribution in [0.3, 0.4) is 0 Å². The lowest BCUT2D eigenvalue weighted by Gasteiger charge is -2.13. The molecule has 20 heavy (non-hydrogen) atoms. The predicted molar refractivity (Wildman–Crippen MR) is 72.4 cm³/mol. The van der Waals surface area contributed by atoms with Crippen LogP contribution in [-0.2, 0) is 9.59 Å². The summed E-state index contributed by atoms with van der Waals surface area (Å²) in [7, 11) is 0. The number of carboxylic acid groups (broad SMARTS) is 1. The van der Waals surface area contributed by atoms with Crippen LogP contribution in [0.25, 0.3) is 0 Å². The van der Waals surface area contributed by atoms with Crippen LogP contribution in [0.5, 0.6) is 0 Å². The first-order valence-electron chi connectivity index (χ1n) is 5.57. The number of hydrogen-bond donors (Lipinski definition) is 2. The summed E-state index contributed by atoms with van der Waals surface area (Å²) in [6.45, 7) is 0. The van der Waals surface area contributed by atoms with E-state index < -0.39 is 30.8 Å². The van der Waals surface area contributed by atoms with Gasteiger partial charge in [0.05, 0.1) is 10.8 Å². The third kappa shape index (κ3) is 5.75. The number of alkyl halides is 2. The van der Waals surface area contributed by atoms with Gasteiger partial charge >= 0.3 is 5.97 Å². The van der Waals surface area contributed by atoms with Crippen LogP contribution in [0.15, 0.2) is 29.2 Å². The minimum Gasteiger partial charge on any atom is -0.480 e. The fraction of sp³-hybridized carbons (Fsp3) is 0.333. The predicted octanol–water partition coefficient (Wildman–Crippen LogP) is 2.66. The fourth-order valence-corrected chi connectivity index (χ4v) is 2.39. The summed E-state index contributed by atoms with van der Waals surface area (Å²) in [5, 5.41) is 11.2. The molecule has 1 atom stereocenters. The molecule has 0 aromatic heterocycles. The van der Waals surface area contributed by atoms with E-state index in [1.807, 2.05) is 0 Å². The van der Waals surface area contributed by atoms with Gasteiger partial charge in [0.15, 0.2) is 0 Å². The quantitative estimate of drug-likeness (QED) is 0.757. The molecule has 0 fully saturated rings. The zero-order chi connectivity index (χ0) is 15.1. The highest BCUT2D eigenvalue weighted by atomic mass is 35.5. The molecule has 1 aromatic carbocycles. The molecule has 0 saturated heterocycles. The highest BCUT2D eigenvalue weighted by Crippen LogP contribution is 2.26. The number of amides is 1. The normalized spacial score (nSPS) is 12.2. The average Bonchev–Trinajstić information content (AvgIpc) is 2.36. The van der Waals surface area contributed by atoms with E-state index in [2.05, 4.69) is 5.32 Å². The number of carboxylic acids is 1. The van der Waals surface area contributed by atoms with E-state index in [9.17, 15) is 18.4 Å². The summed E-state index contributed by atoms with van der Waals surface area (Å²) in [5.41, 5.74) is 0. The van der Waals surface area contributed by atoms with Gasteiger partial charge in [0, 0.05) is 11.3 Å². The lowest BCUT2D eigenvalue weighted by atomic mass is 10.2. The minimum atomic E-state index is -2.80. The van der Waals surface area contributed by atoms with E-state index >= 15 is 0 Å². The second-order valence-electron chi connectivity index (χ2n) is 3.80. The fourth-order valence-electron chi connectivity index (χ4n) is 1.34. The Morgan fingerprint density at radius 3 is 2.55 bits per heavy atom. The molecular weight excluding hydrogens is 312 g/mol. The van der Waals surface area contributed by atoms with Crippen molar-refractivity contribution in [3.8, 4) is 0 Å². The van der Waals surface area contributed by atoms with Gasteiger partial charge in [-0.05, 0) is 12.1 Å². The minimum absolute atomic E-state index is 0.100. The Bertz CT molecular complexity index is 488. The zero-order valence-electron chi connectivity index (χ0n) is 10.2. The molecule has 0 bridgehead atoms. The lowest BCUT2D eigenvalue weighted by molar-refractivity contribution is -0.142. The molecule has 1 rings (SSSR count). The summed E-state index contributed by atoms with van der Waals surface area (Å²) in [5.74, 6) is -2.22. The maximum Gasteiger partial charge on any atom is 0.326 e. The van der Waals surface area contributed by atoms with E-state index in [0.717, 1.165) is 11.8 Å². The van der Waals surface area contributed by atoms with E-state index in [0.29, 0.717) is 9.92 Å². The number of thioether (sulfide) groups is 1. The molecule has 1 aromatic rings. The topological polar surface area (TPSA) is 66.4 Å². The van der Waals surface area contributed by atoms with Gasteiger partial charge in [0.2, 0.25) is 12.3 Å². The van der Waals surface area contributed by atoms with E-state index in [-0.39, 0.29) is 5.75 Å². The first-order chi connectivity index (χ1) is 9.40. The molecule has 0 heterocycles. The van der Waals surface area contributed by atoms with E-state index in [4.69, 9.17) is 16.7 Å². The molecule has 1 amide bonds. The number of hydrogen-bond acceptors (Lipinski definition) is 3. The van der Waals surface area contributed by atoms with Crippen molar-refractivity contribution in [3.63, 3.8) is 0 Å². The Kier molecular flexibility index (Phi) is 6.74. The number of benzene rings is 1. The molecule has 4 nitrogen and oxygen atoms in total. The third-order valence-electron chi connectivity index (χ3n) is 2.24. The van der Waals surface area contributed by atoms with Crippen LogP contribution in [0.1, 0.15) is 6.42 Å². The maximum absolute atomic E-state index is 12.2. The van der Waals surface area contributed by atoms with Crippen molar-refractivity contribution < 1.29 is 23.5 Å². The van der Waals surface area contributed by atoms with Gasteiger partial charge in [-0.3, -0.25) is 4.79 Å². The van der Waals surface area contributed by atoms with Gasteiger partial charge in [-0.2, -0.15) is 0 Å². The molecule has 0 aliphatic carbocycles. The Morgan fingerprint density at radius 2 is 2.00 bits per heavy atom. The Hall–Kier alpha value is -1.34. The molecule has 0 aliphatic heterocycles. The van der Waals surface area contributed by atoms with Crippen molar-refractivity contribution in [2.45, 2.75) is 23.8 Å². The highest BCUT2D eigenvalue weighted by molar-refractivity contribution is 8.00. The largest absolute Gasteiger partial charge is 0.480 e. The van der Waals surface area contributed by atoms with Crippen molar-refractivity contribution in [1.82, 2.24) is 5.32 Å². The number of carbonyl (C=O) groups is 2. The molecule has 0 aliphatic rings. The molecule has 0 radical (unpaired) electrons. The van der Waals surface area contributed by atoms with Crippen LogP contribution in [-0.4, -0.2) is 35.2 Å². The van der Waals surface area contributed by atoms with E-state index in [1.54, 1.807) is 24.3 Å². The van der Waals surface area contributed by atoms with Gasteiger partial charge < -0.3 is 10.4 Å². The molecule has 1 unspecified atom stereocenters. The Labute approximate surface area is 123 Å². The zero-order valence-corrected chi connectivity index (χ0v) is 11.8. The molecular formula is C12H12ClF2NO3S. The standard InChI is InChI=1S/C12H12ClF2NO3S/c13-7-3-1-2-4-9(7)20-6-11(17)16-8(12(18)19)5-10(14)15/h1-4,8,10H,5-6H2,(H,16,17)(H,18,19). The first-order valence-corrected chi connectivity index (χ1v) is 6.94. The molecule has 2 N–H and O–H groups in total. The molecule has 0 saturated carbocycles. The second kappa shape index (κ2) is 8.06. The Balaban J connectivity index is 2.50. The van der Waals surface area contributed by atoms with Gasteiger partial charge in [-0.15, -0.1) is 11.8 Å². The van der Waals surface area contributed by atoms with Crippen LogP contribution >= 0.6 is 23.4 Å².